The van der Waals surface area contributed by atoms with Gasteiger partial charge in [-0.1, -0.05) is 35.9 Å². The van der Waals surface area contributed by atoms with Crippen molar-refractivity contribution in [3.05, 3.63) is 53.6 Å². The third kappa shape index (κ3) is 3.12. The number of nitrogens with two attached hydrogens (primary N) is 1. The predicted molar refractivity (Wildman–Crippen MR) is 82.1 cm³/mol. The summed E-state index contributed by atoms with van der Waals surface area (Å²) in [4.78, 5) is 0. The Morgan fingerprint density at radius 1 is 1.00 bits per heavy atom. The highest BCUT2D eigenvalue weighted by molar-refractivity contribution is 7.80. The number of nitrogens with one attached hydrogen (secondary N) is 2. The number of anilines is 3. The highest BCUT2D eigenvalue weighted by atomic mass is 35.5. The molecule has 2 aromatic carbocycles. The average molecular weight is 278 g/mol. The summed E-state index contributed by atoms with van der Waals surface area (Å²) < 4.78 is 0. The molecule has 0 aliphatic rings. The van der Waals surface area contributed by atoms with Gasteiger partial charge in [-0.05, 0) is 36.5 Å². The van der Waals surface area contributed by atoms with Gasteiger partial charge in [-0.15, -0.1) is 0 Å². The molecule has 0 unspecified atom stereocenters. The first-order valence-electron chi connectivity index (χ1n) is 5.34. The van der Waals surface area contributed by atoms with E-state index in [-0.39, 0.29) is 0 Å². The maximum absolute atomic E-state index is 5.93. The highest BCUT2D eigenvalue weighted by Gasteiger charge is 2.04. The van der Waals surface area contributed by atoms with Gasteiger partial charge in [0.2, 0.25) is 0 Å². The van der Waals surface area contributed by atoms with Crippen molar-refractivity contribution in [1.29, 1.82) is 0 Å². The van der Waals surface area contributed by atoms with Crippen LogP contribution in [0.4, 0.5) is 17.1 Å². The van der Waals surface area contributed by atoms with Gasteiger partial charge >= 0.3 is 0 Å². The van der Waals surface area contributed by atoms with E-state index in [0.717, 1.165) is 5.69 Å². The van der Waals surface area contributed by atoms with Crippen LogP contribution in [0.25, 0.3) is 0 Å². The summed E-state index contributed by atoms with van der Waals surface area (Å²) >= 11 is 11.1. The predicted octanol–water partition coefficient (Wildman–Crippen LogP) is 3.73. The van der Waals surface area contributed by atoms with Gasteiger partial charge in [-0.3, -0.25) is 0 Å². The zero-order valence-electron chi connectivity index (χ0n) is 9.48. The fraction of sp³-hybridized carbons (Fsp3) is 0. The van der Waals surface area contributed by atoms with Crippen LogP contribution >= 0.6 is 23.8 Å². The van der Waals surface area contributed by atoms with E-state index >= 15 is 0 Å². The molecule has 5 heteroatoms. The van der Waals surface area contributed by atoms with Gasteiger partial charge in [0.25, 0.3) is 0 Å². The molecule has 0 saturated heterocycles. The number of rotatable bonds is 2. The van der Waals surface area contributed by atoms with Gasteiger partial charge in [0.15, 0.2) is 5.11 Å². The summed E-state index contributed by atoms with van der Waals surface area (Å²) in [7, 11) is 0. The van der Waals surface area contributed by atoms with Gasteiger partial charge in [0.1, 0.15) is 0 Å². The summed E-state index contributed by atoms with van der Waals surface area (Å²) in [5.74, 6) is 0. The third-order valence-corrected chi connectivity index (χ3v) is 2.87. The molecule has 18 heavy (non-hydrogen) atoms. The number of nitrogen functional groups attached to an aromatic ring is 1. The van der Waals surface area contributed by atoms with E-state index in [2.05, 4.69) is 10.6 Å². The van der Waals surface area contributed by atoms with Crippen molar-refractivity contribution in [2.24, 2.45) is 0 Å². The lowest BCUT2D eigenvalue weighted by atomic mass is 10.2. The minimum absolute atomic E-state index is 0.468. The van der Waals surface area contributed by atoms with Crippen molar-refractivity contribution in [3.63, 3.8) is 0 Å². The second-order valence-electron chi connectivity index (χ2n) is 3.65. The monoisotopic (exact) mass is 277 g/mol. The molecular weight excluding hydrogens is 266 g/mol. The van der Waals surface area contributed by atoms with E-state index < -0.39 is 0 Å². The topological polar surface area (TPSA) is 50.1 Å². The zero-order chi connectivity index (χ0) is 13.0. The summed E-state index contributed by atoms with van der Waals surface area (Å²) in [5.41, 5.74) is 7.93. The summed E-state index contributed by atoms with van der Waals surface area (Å²) in [6, 6.07) is 15.0. The number of para-hydroxylation sites is 2. The van der Waals surface area contributed by atoms with E-state index in [1.54, 1.807) is 6.07 Å². The van der Waals surface area contributed by atoms with Crippen LogP contribution in [-0.2, 0) is 0 Å². The Labute approximate surface area is 116 Å². The molecule has 2 aromatic rings. The molecule has 0 aliphatic heterocycles. The molecule has 92 valence electrons. The molecule has 0 bridgehead atoms. The van der Waals surface area contributed by atoms with Crippen LogP contribution in [0.1, 0.15) is 0 Å². The third-order valence-electron chi connectivity index (χ3n) is 2.33. The van der Waals surface area contributed by atoms with Crippen molar-refractivity contribution >= 4 is 46.0 Å². The summed E-state index contributed by atoms with van der Waals surface area (Å²) in [5, 5.41) is 7.04. The molecule has 0 amide bonds. The molecule has 0 atom stereocenters. The summed E-state index contributed by atoms with van der Waals surface area (Å²) in [6.45, 7) is 0. The van der Waals surface area contributed by atoms with Gasteiger partial charge in [0.05, 0.1) is 16.4 Å². The molecule has 0 saturated carbocycles. The van der Waals surface area contributed by atoms with Gasteiger partial charge in [-0.25, -0.2) is 0 Å². The molecule has 0 spiro atoms. The van der Waals surface area contributed by atoms with E-state index in [1.807, 2.05) is 42.5 Å². The summed E-state index contributed by atoms with van der Waals surface area (Å²) in [6.07, 6.45) is 0. The second-order valence-corrected chi connectivity index (χ2v) is 4.46. The average Bonchev–Trinajstić information content (AvgIpc) is 2.36. The highest BCUT2D eigenvalue weighted by Crippen LogP contribution is 2.26. The second kappa shape index (κ2) is 5.71. The number of hydrogen-bond donors (Lipinski definition) is 3. The normalized spacial score (nSPS) is 9.83. The molecule has 4 N–H and O–H groups in total. The van der Waals surface area contributed by atoms with Crippen LogP contribution < -0.4 is 16.4 Å². The maximum atomic E-state index is 5.93. The van der Waals surface area contributed by atoms with Gasteiger partial charge < -0.3 is 16.4 Å². The molecular formula is C13H12ClN3S. The molecule has 0 radical (unpaired) electrons. The van der Waals surface area contributed by atoms with Crippen molar-refractivity contribution in [2.75, 3.05) is 16.4 Å². The van der Waals surface area contributed by atoms with Crippen molar-refractivity contribution in [2.45, 2.75) is 0 Å². The maximum Gasteiger partial charge on any atom is 0.175 e. The SMILES string of the molecule is Nc1c(Cl)cccc1NC(=S)Nc1ccccc1. The first kappa shape index (κ1) is 12.7. The lowest BCUT2D eigenvalue weighted by Gasteiger charge is -2.12. The molecule has 0 heterocycles. The minimum atomic E-state index is 0.468. The fourth-order valence-electron chi connectivity index (χ4n) is 1.45. The van der Waals surface area contributed by atoms with Crippen molar-refractivity contribution in [3.8, 4) is 0 Å². The van der Waals surface area contributed by atoms with Crippen LogP contribution in [-0.4, -0.2) is 5.11 Å². The minimum Gasteiger partial charge on any atom is -0.396 e. The van der Waals surface area contributed by atoms with Crippen molar-refractivity contribution in [1.82, 2.24) is 0 Å². The van der Waals surface area contributed by atoms with Gasteiger partial charge in [0, 0.05) is 5.69 Å². The quantitative estimate of drug-likeness (QED) is 0.578. The van der Waals surface area contributed by atoms with Crippen LogP contribution in [0.3, 0.4) is 0 Å². The Balaban J connectivity index is 2.06. The lowest BCUT2D eigenvalue weighted by Crippen LogP contribution is -2.19. The Hall–Kier alpha value is -1.78. The Morgan fingerprint density at radius 3 is 2.44 bits per heavy atom. The van der Waals surface area contributed by atoms with Crippen LogP contribution in [0.5, 0.6) is 0 Å². The standard InChI is InChI=1S/C13H12ClN3S/c14-10-7-4-8-11(12(10)15)17-13(18)16-9-5-2-1-3-6-9/h1-8H,15H2,(H2,16,17,18). The largest absolute Gasteiger partial charge is 0.396 e. The molecule has 0 fully saturated rings. The number of halogens is 1. The Kier molecular flexibility index (Phi) is 4.02. The zero-order valence-corrected chi connectivity index (χ0v) is 11.1. The van der Waals surface area contributed by atoms with Crippen LogP contribution in [0, 0.1) is 0 Å². The first-order chi connectivity index (χ1) is 8.66. The van der Waals surface area contributed by atoms with Crippen LogP contribution in [0.15, 0.2) is 48.5 Å². The molecule has 0 aromatic heterocycles. The van der Waals surface area contributed by atoms with E-state index in [1.165, 1.54) is 0 Å². The Morgan fingerprint density at radius 2 is 1.72 bits per heavy atom. The fourth-order valence-corrected chi connectivity index (χ4v) is 1.85. The number of hydrogen-bond acceptors (Lipinski definition) is 2. The first-order valence-corrected chi connectivity index (χ1v) is 6.12. The number of thiocarbonyl (C=S) groups is 1. The molecule has 0 aliphatic carbocycles. The Bertz CT molecular complexity index is 557. The van der Waals surface area contributed by atoms with E-state index in [4.69, 9.17) is 29.6 Å². The molecule has 2 rings (SSSR count). The lowest BCUT2D eigenvalue weighted by molar-refractivity contribution is 1.59. The molecule has 3 nitrogen and oxygen atoms in total. The van der Waals surface area contributed by atoms with Crippen LogP contribution in [0.2, 0.25) is 5.02 Å². The van der Waals surface area contributed by atoms with E-state index in [9.17, 15) is 0 Å². The van der Waals surface area contributed by atoms with Gasteiger partial charge in [-0.2, -0.15) is 0 Å². The smallest absolute Gasteiger partial charge is 0.175 e. The van der Waals surface area contributed by atoms with E-state index in [0.29, 0.717) is 21.5 Å². The van der Waals surface area contributed by atoms with Crippen molar-refractivity contribution < 1.29 is 0 Å². The number of benzene rings is 2.